The van der Waals surface area contributed by atoms with E-state index in [9.17, 15) is 26.4 Å². The van der Waals surface area contributed by atoms with Gasteiger partial charge in [0, 0.05) is 73.8 Å². The third-order valence-electron chi connectivity index (χ3n) is 10.9. The molecule has 5 heterocycles. The number of carbonyl (C=O) groups excluding carboxylic acids is 1. The number of sulfone groups is 1. The zero-order valence-corrected chi connectivity index (χ0v) is 31.2. The van der Waals surface area contributed by atoms with Crippen LogP contribution in [0.4, 0.5) is 19.0 Å². The van der Waals surface area contributed by atoms with Gasteiger partial charge in [0.15, 0.2) is 12.4 Å². The van der Waals surface area contributed by atoms with Gasteiger partial charge in [0.05, 0.1) is 17.5 Å². The van der Waals surface area contributed by atoms with Crippen LogP contribution in [0, 0.1) is 12.3 Å². The van der Waals surface area contributed by atoms with Gasteiger partial charge in [-0.2, -0.15) is 28.2 Å². The maximum Gasteiger partial charge on any atom is 0.422 e. The molecule has 12 nitrogen and oxygen atoms in total. The standard InChI is InChI=1S/C38H44F3N7O5S/c1-5-25-19-27-33(34(52-23-38(39,40)41)32(25)31-24(3)7-8-29-28(31)20-42-45-29)43-36(53-26-9-13-46(14-10-26)17-18-54(4,50)51)44-35(27)47-15-11-37(12-16-47)21-48(22-37)30(49)6-2/h5-8,19-20,26H,1-2,9-18,21-23H2,3-4H3,(H,42,45). The van der Waals surface area contributed by atoms with Crippen molar-refractivity contribution >= 4 is 49.4 Å². The zero-order chi connectivity index (χ0) is 38.4. The Kier molecular flexibility index (Phi) is 10.1. The molecular formula is C38H44F3N7O5S. The molecule has 2 aromatic heterocycles. The minimum absolute atomic E-state index is 0.0196. The normalized spacial score (nSPS) is 18.2. The number of hydrogen-bond donors (Lipinski definition) is 1. The van der Waals surface area contributed by atoms with Crippen molar-refractivity contribution in [1.82, 2.24) is 30.0 Å². The molecule has 2 aromatic carbocycles. The first kappa shape index (κ1) is 37.6. The number of aryl methyl sites for hydroxylation is 1. The summed E-state index contributed by atoms with van der Waals surface area (Å²) in [7, 11) is -3.11. The van der Waals surface area contributed by atoms with Gasteiger partial charge in [-0.25, -0.2) is 8.42 Å². The molecule has 1 amide bonds. The molecule has 1 spiro atoms. The first-order valence-electron chi connectivity index (χ1n) is 18.0. The summed E-state index contributed by atoms with van der Waals surface area (Å²) in [5.74, 6) is 0.426. The Balaban J connectivity index is 1.32. The first-order valence-corrected chi connectivity index (χ1v) is 20.1. The van der Waals surface area contributed by atoms with Crippen molar-refractivity contribution in [3.05, 3.63) is 54.8 Å². The van der Waals surface area contributed by atoms with Gasteiger partial charge in [-0.3, -0.25) is 9.89 Å². The lowest BCUT2D eigenvalue weighted by atomic mass is 9.72. The van der Waals surface area contributed by atoms with Crippen molar-refractivity contribution in [2.24, 2.45) is 5.41 Å². The molecule has 0 saturated carbocycles. The molecule has 0 unspecified atom stereocenters. The highest BCUT2D eigenvalue weighted by molar-refractivity contribution is 7.90. The van der Waals surface area contributed by atoms with Crippen molar-refractivity contribution < 1.29 is 35.9 Å². The second kappa shape index (κ2) is 14.5. The molecule has 0 aliphatic carbocycles. The van der Waals surface area contributed by atoms with E-state index in [1.54, 1.807) is 17.2 Å². The molecular weight excluding hydrogens is 724 g/mol. The molecule has 3 fully saturated rings. The fourth-order valence-corrected chi connectivity index (χ4v) is 8.53. The number of aromatic amines is 1. The van der Waals surface area contributed by atoms with Gasteiger partial charge >= 0.3 is 12.2 Å². The molecule has 1 N–H and O–H groups in total. The number of nitrogens with one attached hydrogen (secondary N) is 1. The summed E-state index contributed by atoms with van der Waals surface area (Å²) in [6.07, 6.45) is 3.59. The van der Waals surface area contributed by atoms with Crippen LogP contribution in [0.2, 0.25) is 0 Å². The van der Waals surface area contributed by atoms with Crippen LogP contribution in [0.15, 0.2) is 43.6 Å². The summed E-state index contributed by atoms with van der Waals surface area (Å²) < 4.78 is 77.6. The smallest absolute Gasteiger partial charge is 0.422 e. The Morgan fingerprint density at radius 3 is 2.44 bits per heavy atom. The molecule has 0 bridgehead atoms. The number of ether oxygens (including phenoxy) is 2. The number of piperidine rings is 2. The van der Waals surface area contributed by atoms with E-state index in [1.165, 1.54) is 12.3 Å². The third-order valence-corrected chi connectivity index (χ3v) is 11.8. The molecule has 7 rings (SSSR count). The van der Waals surface area contributed by atoms with Crippen LogP contribution in [0.25, 0.3) is 39.0 Å². The Bertz CT molecular complexity index is 2200. The molecule has 4 aromatic rings. The molecule has 54 heavy (non-hydrogen) atoms. The Morgan fingerprint density at radius 1 is 1.07 bits per heavy atom. The maximum atomic E-state index is 14.0. The van der Waals surface area contributed by atoms with Crippen LogP contribution in [0.3, 0.4) is 0 Å². The van der Waals surface area contributed by atoms with Crippen molar-refractivity contribution in [1.29, 1.82) is 0 Å². The summed E-state index contributed by atoms with van der Waals surface area (Å²) in [6.45, 7) is 12.1. The van der Waals surface area contributed by atoms with Crippen LogP contribution < -0.4 is 14.4 Å². The summed E-state index contributed by atoms with van der Waals surface area (Å²) in [6, 6.07) is 5.61. The Morgan fingerprint density at radius 2 is 1.80 bits per heavy atom. The number of aromatic nitrogens is 4. The Labute approximate surface area is 311 Å². The topological polar surface area (TPSA) is 134 Å². The predicted molar refractivity (Wildman–Crippen MR) is 201 cm³/mol. The lowest BCUT2D eigenvalue weighted by Gasteiger charge is -2.54. The number of anilines is 1. The molecule has 3 aliphatic heterocycles. The molecule has 16 heteroatoms. The number of H-pyrrole nitrogens is 1. The van der Waals surface area contributed by atoms with Crippen molar-refractivity contribution in [2.75, 3.05) is 69.3 Å². The van der Waals surface area contributed by atoms with Crippen LogP contribution in [0.1, 0.15) is 36.8 Å². The average Bonchev–Trinajstić information content (AvgIpc) is 3.60. The summed E-state index contributed by atoms with van der Waals surface area (Å²) in [5.41, 5.74) is 3.24. The fraction of sp³-hybridized carbons (Fsp3) is 0.474. The number of amides is 1. The van der Waals surface area contributed by atoms with Gasteiger partial charge in [0.25, 0.3) is 0 Å². The second-order valence-electron chi connectivity index (χ2n) is 14.8. The van der Waals surface area contributed by atoms with Crippen LogP contribution in [-0.2, 0) is 14.6 Å². The highest BCUT2D eigenvalue weighted by Gasteiger charge is 2.46. The van der Waals surface area contributed by atoms with Gasteiger partial charge in [0.1, 0.15) is 27.3 Å². The third kappa shape index (κ3) is 7.76. The number of benzene rings is 2. The van der Waals surface area contributed by atoms with E-state index < -0.39 is 22.6 Å². The summed E-state index contributed by atoms with van der Waals surface area (Å²) in [5, 5.41) is 8.36. The van der Waals surface area contributed by atoms with Gasteiger partial charge in [-0.15, -0.1) is 0 Å². The number of fused-ring (bicyclic) bond motifs is 2. The molecule has 3 aliphatic rings. The second-order valence-corrected chi connectivity index (χ2v) is 17.0. The number of hydrogen-bond acceptors (Lipinski definition) is 10. The highest BCUT2D eigenvalue weighted by Crippen LogP contribution is 2.48. The van der Waals surface area contributed by atoms with Crippen LogP contribution >= 0.6 is 0 Å². The Hall–Kier alpha value is -4.70. The van der Waals surface area contributed by atoms with Crippen molar-refractivity contribution in [2.45, 2.75) is 44.9 Å². The number of carbonyl (C=O) groups is 1. The molecule has 0 radical (unpaired) electrons. The molecule has 0 atom stereocenters. The quantitative estimate of drug-likeness (QED) is 0.193. The largest absolute Gasteiger partial charge is 0.481 e. The number of likely N-dealkylation sites (tertiary alicyclic amines) is 2. The minimum atomic E-state index is -4.64. The maximum absolute atomic E-state index is 14.0. The van der Waals surface area contributed by atoms with E-state index in [0.717, 1.165) is 18.4 Å². The monoisotopic (exact) mass is 767 g/mol. The van der Waals surface area contributed by atoms with E-state index >= 15 is 0 Å². The summed E-state index contributed by atoms with van der Waals surface area (Å²) in [4.78, 5) is 27.9. The molecule has 288 valence electrons. The summed E-state index contributed by atoms with van der Waals surface area (Å²) >= 11 is 0. The first-order chi connectivity index (χ1) is 25.7. The highest BCUT2D eigenvalue weighted by atomic mass is 32.2. The average molecular weight is 768 g/mol. The SMILES string of the molecule is C=CC(=O)N1CC2(CCN(c3nc(OC4CCN(CCS(C)(=O)=O)CC4)nc4c(OCC(F)(F)F)c(-c5c(C)ccc6[nH]ncc56)c(C=C)cc34)CC2)C1. The minimum Gasteiger partial charge on any atom is -0.481 e. The number of nitrogens with zero attached hydrogens (tertiary/aromatic N) is 6. The van der Waals surface area contributed by atoms with Gasteiger partial charge in [-0.05, 0) is 67.5 Å². The van der Waals surface area contributed by atoms with Gasteiger partial charge in [-0.1, -0.05) is 25.3 Å². The molecule has 3 saturated heterocycles. The lowest BCUT2D eigenvalue weighted by Crippen LogP contribution is -2.61. The number of halogens is 3. The fourth-order valence-electron chi connectivity index (χ4n) is 7.94. The van der Waals surface area contributed by atoms with E-state index in [0.29, 0.717) is 97.5 Å². The number of alkyl halides is 3. The van der Waals surface area contributed by atoms with E-state index in [1.807, 2.05) is 25.1 Å². The number of rotatable bonds is 11. The van der Waals surface area contributed by atoms with Crippen molar-refractivity contribution in [3.63, 3.8) is 0 Å². The van der Waals surface area contributed by atoms with Crippen molar-refractivity contribution in [3.8, 4) is 22.9 Å². The predicted octanol–water partition coefficient (Wildman–Crippen LogP) is 5.57. The van der Waals surface area contributed by atoms with E-state index in [-0.39, 0.29) is 40.5 Å². The van der Waals surface area contributed by atoms with Crippen LogP contribution in [-0.4, -0.2) is 121 Å². The van der Waals surface area contributed by atoms with Gasteiger partial charge in [0.2, 0.25) is 5.91 Å². The van der Waals surface area contributed by atoms with E-state index in [4.69, 9.17) is 19.4 Å². The van der Waals surface area contributed by atoms with Gasteiger partial charge < -0.3 is 24.2 Å². The zero-order valence-electron chi connectivity index (χ0n) is 30.4. The lowest BCUT2D eigenvalue weighted by molar-refractivity contribution is -0.153. The van der Waals surface area contributed by atoms with E-state index in [2.05, 4.69) is 33.2 Å². The van der Waals surface area contributed by atoms with Crippen LogP contribution in [0.5, 0.6) is 11.8 Å².